The van der Waals surface area contributed by atoms with Crippen molar-refractivity contribution < 1.29 is 14.7 Å². The average molecular weight is 298 g/mol. The maximum atomic E-state index is 12.2. The minimum Gasteiger partial charge on any atom is -0.395 e. The number of carbonyl (C=O) groups is 2. The second kappa shape index (κ2) is 8.02. The van der Waals surface area contributed by atoms with Crippen LogP contribution in [0.15, 0.2) is 24.3 Å². The van der Waals surface area contributed by atoms with E-state index in [1.54, 1.807) is 36.1 Å². The van der Waals surface area contributed by atoms with Crippen molar-refractivity contribution in [3.05, 3.63) is 34.9 Å². The zero-order chi connectivity index (χ0) is 15.1. The van der Waals surface area contributed by atoms with Gasteiger partial charge in [0.2, 0.25) is 5.91 Å². The Bertz CT molecular complexity index is 459. The zero-order valence-electron chi connectivity index (χ0n) is 11.8. The van der Waals surface area contributed by atoms with E-state index in [-0.39, 0.29) is 24.7 Å². The Hall–Kier alpha value is -1.39. The summed E-state index contributed by atoms with van der Waals surface area (Å²) in [7, 11) is 0. The third-order valence-electron chi connectivity index (χ3n) is 3.16. The fourth-order valence-electron chi connectivity index (χ4n) is 1.96. The third-order valence-corrected chi connectivity index (χ3v) is 3.41. The fourth-order valence-corrected chi connectivity index (χ4v) is 2.09. The maximum absolute atomic E-state index is 12.2. The first-order valence-corrected chi connectivity index (χ1v) is 7.05. The van der Waals surface area contributed by atoms with Gasteiger partial charge in [-0.05, 0) is 31.2 Å². The Balaban J connectivity index is 2.65. The molecular formula is C15H20ClNO3. The van der Waals surface area contributed by atoms with Crippen LogP contribution in [-0.4, -0.2) is 41.4 Å². The minimum atomic E-state index is -0.392. The molecule has 1 N–H and O–H groups in total. The lowest BCUT2D eigenvalue weighted by Crippen LogP contribution is -2.35. The fraction of sp³-hybridized carbons (Fsp3) is 0.467. The Morgan fingerprint density at radius 2 is 1.90 bits per heavy atom. The van der Waals surface area contributed by atoms with Crippen molar-refractivity contribution in [1.29, 1.82) is 0 Å². The molecule has 110 valence electrons. The lowest BCUT2D eigenvalue weighted by atomic mass is 9.96. The predicted octanol–water partition coefficient (Wildman–Crippen LogP) is 2.39. The van der Waals surface area contributed by atoms with E-state index in [2.05, 4.69) is 0 Å². The standard InChI is InChI=1S/C15H20ClNO3/c1-3-17(8-9-18)14(19)10-11(2)15(20)12-4-6-13(16)7-5-12/h4-7,11,18H,3,8-10H2,1-2H3. The summed E-state index contributed by atoms with van der Waals surface area (Å²) in [6.45, 7) is 4.35. The second-order valence-electron chi connectivity index (χ2n) is 4.67. The van der Waals surface area contributed by atoms with E-state index >= 15 is 0 Å². The van der Waals surface area contributed by atoms with Gasteiger partial charge in [-0.3, -0.25) is 9.59 Å². The molecule has 1 aromatic rings. The second-order valence-corrected chi connectivity index (χ2v) is 5.11. The molecule has 0 saturated carbocycles. The molecule has 0 heterocycles. The van der Waals surface area contributed by atoms with Crippen molar-refractivity contribution in [2.75, 3.05) is 19.7 Å². The van der Waals surface area contributed by atoms with E-state index in [9.17, 15) is 9.59 Å². The highest BCUT2D eigenvalue weighted by atomic mass is 35.5. The van der Waals surface area contributed by atoms with Gasteiger partial charge in [-0.2, -0.15) is 0 Å². The lowest BCUT2D eigenvalue weighted by molar-refractivity contribution is -0.132. The quantitative estimate of drug-likeness (QED) is 0.786. The van der Waals surface area contributed by atoms with Gasteiger partial charge in [0.15, 0.2) is 5.78 Å². The van der Waals surface area contributed by atoms with Crippen LogP contribution in [0, 0.1) is 5.92 Å². The summed E-state index contributed by atoms with van der Waals surface area (Å²) in [6.07, 6.45) is 0.148. The molecule has 5 heteroatoms. The van der Waals surface area contributed by atoms with Crippen LogP contribution >= 0.6 is 11.6 Å². The number of aliphatic hydroxyl groups is 1. The van der Waals surface area contributed by atoms with E-state index < -0.39 is 5.92 Å². The van der Waals surface area contributed by atoms with Gasteiger partial charge in [-0.1, -0.05) is 18.5 Å². The van der Waals surface area contributed by atoms with Crippen LogP contribution in [-0.2, 0) is 4.79 Å². The van der Waals surface area contributed by atoms with E-state index in [1.165, 1.54) is 0 Å². The summed E-state index contributed by atoms with van der Waals surface area (Å²) >= 11 is 5.78. The van der Waals surface area contributed by atoms with Crippen LogP contribution in [0.1, 0.15) is 30.6 Å². The van der Waals surface area contributed by atoms with Crippen molar-refractivity contribution in [3.63, 3.8) is 0 Å². The molecule has 1 amide bonds. The number of hydrogen-bond acceptors (Lipinski definition) is 3. The molecule has 1 aromatic carbocycles. The molecule has 1 unspecified atom stereocenters. The van der Waals surface area contributed by atoms with E-state index in [0.717, 1.165) is 0 Å². The highest BCUT2D eigenvalue weighted by Gasteiger charge is 2.21. The number of ketones is 1. The lowest BCUT2D eigenvalue weighted by Gasteiger charge is -2.21. The summed E-state index contributed by atoms with van der Waals surface area (Å²) in [5.74, 6) is -0.581. The number of hydrogen-bond donors (Lipinski definition) is 1. The number of amides is 1. The van der Waals surface area contributed by atoms with E-state index in [1.807, 2.05) is 6.92 Å². The monoisotopic (exact) mass is 297 g/mol. The molecule has 0 aliphatic carbocycles. The predicted molar refractivity (Wildman–Crippen MR) is 78.9 cm³/mol. The maximum Gasteiger partial charge on any atom is 0.223 e. The number of nitrogens with zero attached hydrogens (tertiary/aromatic N) is 1. The number of aliphatic hydroxyl groups excluding tert-OH is 1. The minimum absolute atomic E-state index is 0.0703. The first-order valence-electron chi connectivity index (χ1n) is 6.68. The molecule has 1 rings (SSSR count). The van der Waals surface area contributed by atoms with Crippen LogP contribution in [0.2, 0.25) is 5.02 Å². The molecule has 20 heavy (non-hydrogen) atoms. The van der Waals surface area contributed by atoms with Gasteiger partial charge in [0.25, 0.3) is 0 Å². The molecule has 0 spiro atoms. The van der Waals surface area contributed by atoms with Gasteiger partial charge in [-0.15, -0.1) is 0 Å². The third kappa shape index (κ3) is 4.62. The summed E-state index contributed by atoms with van der Waals surface area (Å²) in [5.41, 5.74) is 0.555. The summed E-state index contributed by atoms with van der Waals surface area (Å²) < 4.78 is 0. The Morgan fingerprint density at radius 1 is 1.30 bits per heavy atom. The summed E-state index contributed by atoms with van der Waals surface area (Å²) in [5, 5.41) is 9.47. The van der Waals surface area contributed by atoms with Crippen molar-refractivity contribution in [1.82, 2.24) is 4.90 Å². The Kier molecular flexibility index (Phi) is 6.68. The smallest absolute Gasteiger partial charge is 0.223 e. The van der Waals surface area contributed by atoms with Gasteiger partial charge in [0, 0.05) is 36.0 Å². The zero-order valence-corrected chi connectivity index (χ0v) is 12.6. The summed E-state index contributed by atoms with van der Waals surface area (Å²) in [4.78, 5) is 25.8. The van der Waals surface area contributed by atoms with E-state index in [4.69, 9.17) is 16.7 Å². The largest absolute Gasteiger partial charge is 0.395 e. The highest BCUT2D eigenvalue weighted by molar-refractivity contribution is 6.30. The Morgan fingerprint density at radius 3 is 2.40 bits per heavy atom. The van der Waals surface area contributed by atoms with Gasteiger partial charge in [0.05, 0.1) is 6.61 Å². The number of carbonyl (C=O) groups excluding carboxylic acids is 2. The van der Waals surface area contributed by atoms with Crippen molar-refractivity contribution >= 4 is 23.3 Å². The van der Waals surface area contributed by atoms with Gasteiger partial charge >= 0.3 is 0 Å². The molecule has 0 aliphatic rings. The average Bonchev–Trinajstić information content (AvgIpc) is 2.44. The molecule has 0 fully saturated rings. The summed E-state index contributed by atoms with van der Waals surface area (Å²) in [6, 6.07) is 6.65. The number of rotatable bonds is 7. The van der Waals surface area contributed by atoms with Crippen LogP contribution in [0.4, 0.5) is 0 Å². The molecule has 0 radical (unpaired) electrons. The molecular weight excluding hydrogens is 278 g/mol. The first-order chi connectivity index (χ1) is 9.49. The van der Waals surface area contributed by atoms with Crippen LogP contribution in [0.5, 0.6) is 0 Å². The number of likely N-dealkylation sites (N-methyl/N-ethyl adjacent to an activating group) is 1. The number of halogens is 1. The number of benzene rings is 1. The molecule has 4 nitrogen and oxygen atoms in total. The van der Waals surface area contributed by atoms with Crippen molar-refractivity contribution in [2.45, 2.75) is 20.3 Å². The molecule has 0 aliphatic heterocycles. The van der Waals surface area contributed by atoms with Crippen LogP contribution in [0.25, 0.3) is 0 Å². The molecule has 1 atom stereocenters. The first kappa shape index (κ1) is 16.7. The molecule has 0 aromatic heterocycles. The van der Waals surface area contributed by atoms with Crippen molar-refractivity contribution in [3.8, 4) is 0 Å². The Labute approximate surface area is 124 Å². The van der Waals surface area contributed by atoms with Crippen LogP contribution < -0.4 is 0 Å². The van der Waals surface area contributed by atoms with Gasteiger partial charge in [0.1, 0.15) is 0 Å². The normalized spacial score (nSPS) is 12.0. The molecule has 0 bridgehead atoms. The highest BCUT2D eigenvalue weighted by Crippen LogP contribution is 2.16. The van der Waals surface area contributed by atoms with Crippen LogP contribution in [0.3, 0.4) is 0 Å². The van der Waals surface area contributed by atoms with Gasteiger partial charge < -0.3 is 10.0 Å². The molecule has 0 saturated heterocycles. The topological polar surface area (TPSA) is 57.6 Å². The van der Waals surface area contributed by atoms with Gasteiger partial charge in [-0.25, -0.2) is 0 Å². The van der Waals surface area contributed by atoms with Crippen molar-refractivity contribution in [2.24, 2.45) is 5.92 Å². The SMILES string of the molecule is CCN(CCO)C(=O)CC(C)C(=O)c1ccc(Cl)cc1. The number of Topliss-reactive ketones (excluding diaryl/α,β-unsaturated/α-hetero) is 1. The van der Waals surface area contributed by atoms with E-state index in [0.29, 0.717) is 23.7 Å².